The van der Waals surface area contributed by atoms with Gasteiger partial charge in [0.2, 0.25) is 0 Å². The van der Waals surface area contributed by atoms with Crippen LogP contribution in [0.2, 0.25) is 5.02 Å². The molecule has 0 aliphatic carbocycles. The van der Waals surface area contributed by atoms with E-state index in [-0.39, 0.29) is 11.8 Å². The summed E-state index contributed by atoms with van der Waals surface area (Å²) in [5, 5.41) is 3.61. The van der Waals surface area contributed by atoms with Crippen molar-refractivity contribution in [1.29, 1.82) is 0 Å². The van der Waals surface area contributed by atoms with Gasteiger partial charge in [-0.1, -0.05) is 11.6 Å². The van der Waals surface area contributed by atoms with E-state index in [1.165, 1.54) is 6.26 Å². The fourth-order valence-electron chi connectivity index (χ4n) is 1.19. The van der Waals surface area contributed by atoms with E-state index in [1.54, 1.807) is 18.3 Å². The second kappa shape index (κ2) is 5.50. The Morgan fingerprint density at radius 2 is 2.25 bits per heavy atom. The molecule has 1 heterocycles. The van der Waals surface area contributed by atoms with Crippen LogP contribution in [-0.2, 0) is 9.84 Å². The molecular formula is C10H15ClN2O2S. The molecule has 1 atom stereocenters. The number of pyridine rings is 1. The Balaban J connectivity index is 2.52. The van der Waals surface area contributed by atoms with Gasteiger partial charge in [-0.05, 0) is 25.5 Å². The second-order valence-corrected chi connectivity index (χ2v) is 6.46. The van der Waals surface area contributed by atoms with Crippen LogP contribution in [0.4, 0.5) is 5.82 Å². The standard InChI is InChI=1S/C10H15ClN2O2S/c1-8(5-7-16(2,14)15)13-10-9(11)4-3-6-12-10/h3-4,6,8H,5,7H2,1-2H3,(H,12,13). The van der Waals surface area contributed by atoms with Crippen LogP contribution in [0.1, 0.15) is 13.3 Å². The summed E-state index contributed by atoms with van der Waals surface area (Å²) in [7, 11) is -2.91. The lowest BCUT2D eigenvalue weighted by molar-refractivity contribution is 0.595. The van der Waals surface area contributed by atoms with E-state index in [1.807, 2.05) is 6.92 Å². The number of nitrogens with zero attached hydrogens (tertiary/aromatic N) is 1. The number of anilines is 1. The van der Waals surface area contributed by atoms with Crippen molar-refractivity contribution < 1.29 is 8.42 Å². The summed E-state index contributed by atoms with van der Waals surface area (Å²) in [6.45, 7) is 1.90. The molecule has 90 valence electrons. The van der Waals surface area contributed by atoms with Crippen molar-refractivity contribution in [3.8, 4) is 0 Å². The van der Waals surface area contributed by atoms with Gasteiger partial charge in [0.05, 0.1) is 10.8 Å². The Morgan fingerprint density at radius 1 is 1.56 bits per heavy atom. The molecule has 4 nitrogen and oxygen atoms in total. The highest BCUT2D eigenvalue weighted by atomic mass is 35.5. The van der Waals surface area contributed by atoms with Crippen molar-refractivity contribution in [2.75, 3.05) is 17.3 Å². The highest BCUT2D eigenvalue weighted by molar-refractivity contribution is 7.90. The SMILES string of the molecule is CC(CCS(C)(=O)=O)Nc1ncccc1Cl. The van der Waals surface area contributed by atoms with Crippen molar-refractivity contribution in [2.24, 2.45) is 0 Å². The van der Waals surface area contributed by atoms with Gasteiger partial charge in [-0.3, -0.25) is 0 Å². The van der Waals surface area contributed by atoms with E-state index in [4.69, 9.17) is 11.6 Å². The fraction of sp³-hybridized carbons (Fsp3) is 0.500. The maximum Gasteiger partial charge on any atom is 0.147 e. The summed E-state index contributed by atoms with van der Waals surface area (Å²) >= 11 is 5.92. The Kier molecular flexibility index (Phi) is 4.56. The van der Waals surface area contributed by atoms with Crippen LogP contribution in [0.3, 0.4) is 0 Å². The van der Waals surface area contributed by atoms with Crippen LogP contribution < -0.4 is 5.32 Å². The Labute approximate surface area is 101 Å². The fourth-order valence-corrected chi connectivity index (χ4v) is 2.15. The van der Waals surface area contributed by atoms with E-state index >= 15 is 0 Å². The predicted octanol–water partition coefficient (Wildman–Crippen LogP) is 1.97. The number of halogens is 1. The Morgan fingerprint density at radius 3 is 2.81 bits per heavy atom. The normalized spacial score (nSPS) is 13.4. The third kappa shape index (κ3) is 4.81. The van der Waals surface area contributed by atoms with Gasteiger partial charge < -0.3 is 5.32 Å². The van der Waals surface area contributed by atoms with Crippen molar-refractivity contribution >= 4 is 27.3 Å². The van der Waals surface area contributed by atoms with Gasteiger partial charge in [-0.25, -0.2) is 13.4 Å². The quantitative estimate of drug-likeness (QED) is 0.881. The number of hydrogen-bond donors (Lipinski definition) is 1. The molecule has 1 N–H and O–H groups in total. The van der Waals surface area contributed by atoms with E-state index in [0.717, 1.165) is 0 Å². The molecular weight excluding hydrogens is 248 g/mol. The minimum absolute atomic E-state index is 0.0159. The number of sulfone groups is 1. The lowest BCUT2D eigenvalue weighted by Gasteiger charge is -2.14. The average Bonchev–Trinajstić information content (AvgIpc) is 2.18. The highest BCUT2D eigenvalue weighted by Gasteiger charge is 2.09. The maximum atomic E-state index is 11.0. The van der Waals surface area contributed by atoms with E-state index < -0.39 is 9.84 Å². The Hall–Kier alpha value is -0.810. The van der Waals surface area contributed by atoms with E-state index in [2.05, 4.69) is 10.3 Å². The molecule has 1 aromatic heterocycles. The number of rotatable bonds is 5. The molecule has 1 aromatic rings. The maximum absolute atomic E-state index is 11.0. The lowest BCUT2D eigenvalue weighted by Crippen LogP contribution is -2.20. The van der Waals surface area contributed by atoms with Crippen LogP contribution >= 0.6 is 11.6 Å². The minimum Gasteiger partial charge on any atom is -0.366 e. The summed E-state index contributed by atoms with van der Waals surface area (Å²) < 4.78 is 22.0. The molecule has 1 rings (SSSR count). The number of nitrogens with one attached hydrogen (secondary N) is 1. The largest absolute Gasteiger partial charge is 0.366 e. The summed E-state index contributed by atoms with van der Waals surface area (Å²) in [6, 6.07) is 3.50. The van der Waals surface area contributed by atoms with Crippen LogP contribution in [0, 0.1) is 0 Å². The van der Waals surface area contributed by atoms with Crippen LogP contribution in [0.25, 0.3) is 0 Å². The zero-order valence-corrected chi connectivity index (χ0v) is 10.8. The van der Waals surface area contributed by atoms with Gasteiger partial charge in [0.25, 0.3) is 0 Å². The molecule has 0 bridgehead atoms. The molecule has 0 aromatic carbocycles. The van der Waals surface area contributed by atoms with Gasteiger partial charge in [-0.15, -0.1) is 0 Å². The molecule has 6 heteroatoms. The number of aromatic nitrogens is 1. The van der Waals surface area contributed by atoms with Gasteiger partial charge in [0.1, 0.15) is 15.7 Å². The van der Waals surface area contributed by atoms with Gasteiger partial charge in [0.15, 0.2) is 0 Å². The number of hydrogen-bond acceptors (Lipinski definition) is 4. The molecule has 0 aliphatic heterocycles. The Bertz CT molecular complexity index is 448. The van der Waals surface area contributed by atoms with Crippen LogP contribution in [0.15, 0.2) is 18.3 Å². The smallest absolute Gasteiger partial charge is 0.147 e. The lowest BCUT2D eigenvalue weighted by atomic mass is 10.2. The van der Waals surface area contributed by atoms with Crippen molar-refractivity contribution in [3.63, 3.8) is 0 Å². The molecule has 0 saturated carbocycles. The third-order valence-electron chi connectivity index (χ3n) is 2.06. The summed E-state index contributed by atoms with van der Waals surface area (Å²) in [6.07, 6.45) is 3.40. The van der Waals surface area contributed by atoms with Crippen molar-refractivity contribution in [1.82, 2.24) is 4.98 Å². The second-order valence-electron chi connectivity index (χ2n) is 3.80. The third-order valence-corrected chi connectivity index (χ3v) is 3.35. The topological polar surface area (TPSA) is 59.1 Å². The molecule has 0 spiro atoms. The van der Waals surface area contributed by atoms with E-state index in [0.29, 0.717) is 17.3 Å². The summed E-state index contributed by atoms with van der Waals surface area (Å²) in [5.74, 6) is 0.746. The molecule has 0 fully saturated rings. The summed E-state index contributed by atoms with van der Waals surface area (Å²) in [4.78, 5) is 4.07. The average molecular weight is 263 g/mol. The predicted molar refractivity (Wildman–Crippen MR) is 66.7 cm³/mol. The zero-order chi connectivity index (χ0) is 12.2. The molecule has 0 saturated heterocycles. The van der Waals surface area contributed by atoms with Crippen LogP contribution in [-0.4, -0.2) is 31.5 Å². The van der Waals surface area contributed by atoms with Crippen molar-refractivity contribution in [2.45, 2.75) is 19.4 Å². The summed E-state index contributed by atoms with van der Waals surface area (Å²) in [5.41, 5.74) is 0. The van der Waals surface area contributed by atoms with Crippen LogP contribution in [0.5, 0.6) is 0 Å². The van der Waals surface area contributed by atoms with E-state index in [9.17, 15) is 8.42 Å². The minimum atomic E-state index is -2.91. The molecule has 0 aliphatic rings. The first kappa shape index (κ1) is 13.3. The zero-order valence-electron chi connectivity index (χ0n) is 9.27. The highest BCUT2D eigenvalue weighted by Crippen LogP contribution is 2.18. The van der Waals surface area contributed by atoms with Crippen molar-refractivity contribution in [3.05, 3.63) is 23.4 Å². The van der Waals surface area contributed by atoms with Gasteiger partial charge >= 0.3 is 0 Å². The molecule has 16 heavy (non-hydrogen) atoms. The first-order chi connectivity index (χ1) is 7.38. The molecule has 0 amide bonds. The molecule has 0 radical (unpaired) electrons. The molecule has 1 unspecified atom stereocenters. The van der Waals surface area contributed by atoms with Gasteiger partial charge in [-0.2, -0.15) is 0 Å². The first-order valence-corrected chi connectivity index (χ1v) is 7.37. The monoisotopic (exact) mass is 262 g/mol. The van der Waals surface area contributed by atoms with Gasteiger partial charge in [0, 0.05) is 18.5 Å². The first-order valence-electron chi connectivity index (χ1n) is 4.93.